The van der Waals surface area contributed by atoms with Gasteiger partial charge >= 0.3 is 0 Å². The van der Waals surface area contributed by atoms with Crippen molar-refractivity contribution in [3.63, 3.8) is 0 Å². The van der Waals surface area contributed by atoms with Crippen LogP contribution in [-0.4, -0.2) is 78.9 Å². The summed E-state index contributed by atoms with van der Waals surface area (Å²) in [5.41, 5.74) is 0.611. The Bertz CT molecular complexity index is 600. The standard InChI is InChI=1S/C18H25FN4O2/c19-15-3-5-16(6-4-15)20-17(24)14-22-10-8-21(9-11-22)12-13-23-7-1-2-18(23)25/h3-6H,1-2,7-14H2,(H,20,24). The number of halogens is 1. The molecule has 7 heteroatoms. The predicted octanol–water partition coefficient (Wildman–Crippen LogP) is 1.00. The summed E-state index contributed by atoms with van der Waals surface area (Å²) in [6, 6.07) is 5.79. The molecule has 0 unspecified atom stereocenters. The molecule has 2 aliphatic heterocycles. The highest BCUT2D eigenvalue weighted by molar-refractivity contribution is 5.92. The first kappa shape index (κ1) is 17.8. The Kier molecular flexibility index (Phi) is 5.99. The van der Waals surface area contributed by atoms with Crippen molar-refractivity contribution in [1.29, 1.82) is 0 Å². The second-order valence-electron chi connectivity index (χ2n) is 6.66. The zero-order chi connectivity index (χ0) is 17.6. The third-order valence-corrected chi connectivity index (χ3v) is 4.82. The summed E-state index contributed by atoms with van der Waals surface area (Å²) in [7, 11) is 0. The Morgan fingerprint density at radius 1 is 1.00 bits per heavy atom. The number of rotatable bonds is 6. The van der Waals surface area contributed by atoms with Crippen molar-refractivity contribution in [2.24, 2.45) is 0 Å². The van der Waals surface area contributed by atoms with Gasteiger partial charge in [-0.3, -0.25) is 19.4 Å². The fourth-order valence-corrected chi connectivity index (χ4v) is 3.31. The van der Waals surface area contributed by atoms with Crippen molar-refractivity contribution in [3.8, 4) is 0 Å². The van der Waals surface area contributed by atoms with Crippen LogP contribution in [0.3, 0.4) is 0 Å². The van der Waals surface area contributed by atoms with Gasteiger partial charge in [0.15, 0.2) is 0 Å². The highest BCUT2D eigenvalue weighted by atomic mass is 19.1. The van der Waals surface area contributed by atoms with Crippen LogP contribution in [0.1, 0.15) is 12.8 Å². The molecule has 0 spiro atoms. The molecule has 0 atom stereocenters. The molecule has 0 aromatic heterocycles. The molecule has 2 saturated heterocycles. The normalized spacial score (nSPS) is 19.4. The second-order valence-corrected chi connectivity index (χ2v) is 6.66. The molecule has 136 valence electrons. The molecule has 1 aromatic rings. The summed E-state index contributed by atoms with van der Waals surface area (Å²) in [6.07, 6.45) is 1.67. The van der Waals surface area contributed by atoms with Crippen LogP contribution in [0, 0.1) is 5.82 Å². The van der Waals surface area contributed by atoms with Gasteiger partial charge in [-0.15, -0.1) is 0 Å². The minimum Gasteiger partial charge on any atom is -0.341 e. The zero-order valence-electron chi connectivity index (χ0n) is 14.4. The fourth-order valence-electron chi connectivity index (χ4n) is 3.31. The van der Waals surface area contributed by atoms with Crippen LogP contribution in [0.5, 0.6) is 0 Å². The van der Waals surface area contributed by atoms with Gasteiger partial charge < -0.3 is 10.2 Å². The summed E-state index contributed by atoms with van der Waals surface area (Å²) < 4.78 is 12.9. The largest absolute Gasteiger partial charge is 0.341 e. The molecule has 1 aromatic carbocycles. The number of carbonyl (C=O) groups excluding carboxylic acids is 2. The van der Waals surface area contributed by atoms with Gasteiger partial charge in [0, 0.05) is 57.9 Å². The lowest BCUT2D eigenvalue weighted by Crippen LogP contribution is -2.50. The van der Waals surface area contributed by atoms with Crippen LogP contribution < -0.4 is 5.32 Å². The molecule has 6 nitrogen and oxygen atoms in total. The number of benzene rings is 1. The summed E-state index contributed by atoms with van der Waals surface area (Å²) in [5.74, 6) is -0.122. The van der Waals surface area contributed by atoms with E-state index in [4.69, 9.17) is 0 Å². The zero-order valence-corrected chi connectivity index (χ0v) is 14.4. The van der Waals surface area contributed by atoms with Crippen molar-refractivity contribution >= 4 is 17.5 Å². The van der Waals surface area contributed by atoms with Crippen LogP contribution in [0.4, 0.5) is 10.1 Å². The van der Waals surface area contributed by atoms with Gasteiger partial charge in [-0.05, 0) is 30.7 Å². The molecule has 3 rings (SSSR count). The number of likely N-dealkylation sites (tertiary alicyclic amines) is 1. The number of anilines is 1. The molecule has 25 heavy (non-hydrogen) atoms. The van der Waals surface area contributed by atoms with Gasteiger partial charge in [-0.25, -0.2) is 4.39 Å². The molecule has 0 bridgehead atoms. The Labute approximate surface area is 147 Å². The first-order chi connectivity index (χ1) is 12.1. The average Bonchev–Trinajstić information content (AvgIpc) is 3.01. The van der Waals surface area contributed by atoms with E-state index in [1.165, 1.54) is 12.1 Å². The van der Waals surface area contributed by atoms with E-state index in [9.17, 15) is 14.0 Å². The van der Waals surface area contributed by atoms with Crippen molar-refractivity contribution in [2.45, 2.75) is 12.8 Å². The van der Waals surface area contributed by atoms with Crippen molar-refractivity contribution in [3.05, 3.63) is 30.1 Å². The third-order valence-electron chi connectivity index (χ3n) is 4.82. The Hall–Kier alpha value is -1.99. The monoisotopic (exact) mass is 348 g/mol. The average molecular weight is 348 g/mol. The molecule has 0 aliphatic carbocycles. The van der Waals surface area contributed by atoms with Crippen LogP contribution >= 0.6 is 0 Å². The molecule has 0 radical (unpaired) electrons. The Morgan fingerprint density at radius 2 is 1.68 bits per heavy atom. The number of nitrogens with one attached hydrogen (secondary N) is 1. The molecule has 2 amide bonds. The quantitative estimate of drug-likeness (QED) is 0.834. The van der Waals surface area contributed by atoms with Gasteiger partial charge in [-0.2, -0.15) is 0 Å². The number of hydrogen-bond acceptors (Lipinski definition) is 4. The maximum Gasteiger partial charge on any atom is 0.238 e. The second kappa shape index (κ2) is 8.40. The highest BCUT2D eigenvalue weighted by Crippen LogP contribution is 2.11. The number of piperazine rings is 1. The lowest BCUT2D eigenvalue weighted by molar-refractivity contribution is -0.128. The minimum absolute atomic E-state index is 0.0808. The predicted molar refractivity (Wildman–Crippen MR) is 93.7 cm³/mol. The molecular weight excluding hydrogens is 323 g/mol. The van der Waals surface area contributed by atoms with Gasteiger partial charge in [0.05, 0.1) is 6.54 Å². The number of carbonyl (C=O) groups is 2. The summed E-state index contributed by atoms with van der Waals surface area (Å²) >= 11 is 0. The van der Waals surface area contributed by atoms with Crippen molar-refractivity contribution in [1.82, 2.24) is 14.7 Å². The lowest BCUT2D eigenvalue weighted by Gasteiger charge is -2.35. The van der Waals surface area contributed by atoms with E-state index in [0.29, 0.717) is 18.7 Å². The van der Waals surface area contributed by atoms with E-state index in [-0.39, 0.29) is 17.6 Å². The first-order valence-electron chi connectivity index (χ1n) is 8.88. The van der Waals surface area contributed by atoms with Crippen molar-refractivity contribution < 1.29 is 14.0 Å². The maximum absolute atomic E-state index is 12.9. The third kappa shape index (κ3) is 5.24. The minimum atomic E-state index is -0.315. The number of amides is 2. The van der Waals surface area contributed by atoms with Gasteiger partial charge in [0.25, 0.3) is 0 Å². The Morgan fingerprint density at radius 3 is 2.32 bits per heavy atom. The van der Waals surface area contributed by atoms with Crippen LogP contribution in [0.2, 0.25) is 0 Å². The van der Waals surface area contributed by atoms with E-state index in [2.05, 4.69) is 15.1 Å². The molecule has 0 saturated carbocycles. The topological polar surface area (TPSA) is 55.9 Å². The SMILES string of the molecule is O=C(CN1CCN(CCN2CCCC2=O)CC1)Nc1ccc(F)cc1. The van der Waals surface area contributed by atoms with E-state index >= 15 is 0 Å². The number of hydrogen-bond donors (Lipinski definition) is 1. The lowest BCUT2D eigenvalue weighted by atomic mass is 10.3. The number of nitrogens with zero attached hydrogens (tertiary/aromatic N) is 3. The molecule has 2 aliphatic rings. The van der Waals surface area contributed by atoms with Crippen molar-refractivity contribution in [2.75, 3.05) is 57.7 Å². The Balaban J connectivity index is 1.35. The van der Waals surface area contributed by atoms with Crippen LogP contribution in [0.25, 0.3) is 0 Å². The van der Waals surface area contributed by atoms with Gasteiger partial charge in [-0.1, -0.05) is 0 Å². The van der Waals surface area contributed by atoms with E-state index in [1.54, 1.807) is 12.1 Å². The summed E-state index contributed by atoms with van der Waals surface area (Å²) in [4.78, 5) is 30.1. The molecule has 2 fully saturated rings. The summed E-state index contributed by atoms with van der Waals surface area (Å²) in [5, 5.41) is 2.79. The van der Waals surface area contributed by atoms with E-state index in [1.807, 2.05) is 4.90 Å². The van der Waals surface area contributed by atoms with Gasteiger partial charge in [0.1, 0.15) is 5.82 Å². The van der Waals surface area contributed by atoms with E-state index < -0.39 is 0 Å². The molecule has 2 heterocycles. The highest BCUT2D eigenvalue weighted by Gasteiger charge is 2.22. The molecular formula is C18H25FN4O2. The molecule has 1 N–H and O–H groups in total. The van der Waals surface area contributed by atoms with E-state index in [0.717, 1.165) is 52.2 Å². The summed E-state index contributed by atoms with van der Waals surface area (Å²) in [6.45, 7) is 6.44. The maximum atomic E-state index is 12.9. The van der Waals surface area contributed by atoms with Crippen LogP contribution in [0.15, 0.2) is 24.3 Å². The van der Waals surface area contributed by atoms with Crippen LogP contribution in [-0.2, 0) is 9.59 Å². The first-order valence-corrected chi connectivity index (χ1v) is 8.88. The smallest absolute Gasteiger partial charge is 0.238 e. The van der Waals surface area contributed by atoms with Gasteiger partial charge in [0.2, 0.25) is 11.8 Å². The fraction of sp³-hybridized carbons (Fsp3) is 0.556.